The van der Waals surface area contributed by atoms with Crippen molar-refractivity contribution in [2.24, 2.45) is 7.05 Å². The summed E-state index contributed by atoms with van der Waals surface area (Å²) in [5, 5.41) is 0. The number of nitrogen functional groups attached to an aromatic ring is 1. The molecule has 0 fully saturated rings. The van der Waals surface area contributed by atoms with Gasteiger partial charge in [0.25, 0.3) is 0 Å². The van der Waals surface area contributed by atoms with E-state index in [-0.39, 0.29) is 0 Å². The summed E-state index contributed by atoms with van der Waals surface area (Å²) in [6, 6.07) is 7.91. The van der Waals surface area contributed by atoms with Crippen LogP contribution in [0.25, 0.3) is 22.6 Å². The van der Waals surface area contributed by atoms with Crippen molar-refractivity contribution in [3.8, 4) is 11.5 Å². The number of hydrogen-bond acceptors (Lipinski definition) is 4. The molecule has 1 aromatic carbocycles. The van der Waals surface area contributed by atoms with Crippen molar-refractivity contribution in [3.05, 3.63) is 36.7 Å². The molecule has 5 heteroatoms. The first-order valence-corrected chi connectivity index (χ1v) is 5.25. The van der Waals surface area contributed by atoms with Crippen LogP contribution in [0.1, 0.15) is 0 Å². The highest BCUT2D eigenvalue weighted by Gasteiger charge is 2.13. The standard InChI is InChI=1S/C12H11N5/c1-17-9-5-3-2-4-8(9)16-12(17)10-11(13)15-7-6-14-10/h2-7H,1H3,(H2,13,15). The predicted octanol–water partition coefficient (Wildman–Crippen LogP) is 1.61. The Morgan fingerprint density at radius 3 is 2.65 bits per heavy atom. The molecule has 0 aliphatic rings. The number of aryl methyl sites for hydroxylation is 1. The number of fused-ring (bicyclic) bond motifs is 1. The molecule has 0 saturated carbocycles. The molecular formula is C12H11N5. The van der Waals surface area contributed by atoms with Crippen LogP contribution in [0.4, 0.5) is 5.82 Å². The van der Waals surface area contributed by atoms with Gasteiger partial charge < -0.3 is 10.3 Å². The van der Waals surface area contributed by atoms with E-state index in [0.29, 0.717) is 11.5 Å². The third-order valence-electron chi connectivity index (χ3n) is 2.73. The van der Waals surface area contributed by atoms with E-state index in [1.165, 1.54) is 0 Å². The molecule has 3 aromatic rings. The normalized spacial score (nSPS) is 10.9. The van der Waals surface area contributed by atoms with E-state index in [2.05, 4.69) is 15.0 Å². The van der Waals surface area contributed by atoms with Crippen molar-refractivity contribution in [1.29, 1.82) is 0 Å². The number of nitrogens with zero attached hydrogens (tertiary/aromatic N) is 4. The van der Waals surface area contributed by atoms with E-state index in [4.69, 9.17) is 5.73 Å². The number of nitrogens with two attached hydrogens (primary N) is 1. The molecule has 0 atom stereocenters. The quantitative estimate of drug-likeness (QED) is 0.683. The molecule has 0 spiro atoms. The summed E-state index contributed by atoms with van der Waals surface area (Å²) in [7, 11) is 1.94. The van der Waals surface area contributed by atoms with Crippen LogP contribution in [-0.2, 0) is 7.05 Å². The fourth-order valence-corrected chi connectivity index (χ4v) is 1.88. The van der Waals surface area contributed by atoms with Crippen molar-refractivity contribution >= 4 is 16.9 Å². The van der Waals surface area contributed by atoms with E-state index in [1.54, 1.807) is 12.4 Å². The maximum atomic E-state index is 5.82. The van der Waals surface area contributed by atoms with Gasteiger partial charge in [-0.05, 0) is 12.1 Å². The lowest BCUT2D eigenvalue weighted by Gasteiger charge is -2.03. The topological polar surface area (TPSA) is 69.6 Å². The van der Waals surface area contributed by atoms with E-state index in [1.807, 2.05) is 35.9 Å². The van der Waals surface area contributed by atoms with Crippen LogP contribution in [0.5, 0.6) is 0 Å². The van der Waals surface area contributed by atoms with E-state index < -0.39 is 0 Å². The van der Waals surface area contributed by atoms with Crippen LogP contribution in [0.3, 0.4) is 0 Å². The second kappa shape index (κ2) is 3.55. The molecule has 3 rings (SSSR count). The summed E-state index contributed by atoms with van der Waals surface area (Å²) in [5.41, 5.74) is 8.41. The van der Waals surface area contributed by atoms with Gasteiger partial charge in [0.1, 0.15) is 5.69 Å². The minimum absolute atomic E-state index is 0.394. The highest BCUT2D eigenvalue weighted by Crippen LogP contribution is 2.24. The van der Waals surface area contributed by atoms with Gasteiger partial charge in [-0.25, -0.2) is 15.0 Å². The van der Waals surface area contributed by atoms with Crippen molar-refractivity contribution in [2.45, 2.75) is 0 Å². The first-order chi connectivity index (χ1) is 8.27. The van der Waals surface area contributed by atoms with Gasteiger partial charge in [-0.2, -0.15) is 0 Å². The Kier molecular flexibility index (Phi) is 2.04. The summed E-state index contributed by atoms with van der Waals surface area (Å²) < 4.78 is 1.97. The fraction of sp³-hybridized carbons (Fsp3) is 0.0833. The summed E-state index contributed by atoms with van der Waals surface area (Å²) >= 11 is 0. The molecule has 0 aliphatic carbocycles. The lowest BCUT2D eigenvalue weighted by atomic mass is 10.3. The Bertz CT molecular complexity index is 686. The molecule has 0 aliphatic heterocycles. The highest BCUT2D eigenvalue weighted by atomic mass is 15.1. The van der Waals surface area contributed by atoms with Gasteiger partial charge in [0.05, 0.1) is 11.0 Å². The van der Waals surface area contributed by atoms with Crippen LogP contribution in [0, 0.1) is 0 Å². The fourth-order valence-electron chi connectivity index (χ4n) is 1.88. The summed E-state index contributed by atoms with van der Waals surface area (Å²) in [4.78, 5) is 12.8. The van der Waals surface area contributed by atoms with Crippen LogP contribution >= 0.6 is 0 Å². The van der Waals surface area contributed by atoms with Crippen molar-refractivity contribution in [3.63, 3.8) is 0 Å². The monoisotopic (exact) mass is 225 g/mol. The Morgan fingerprint density at radius 2 is 1.88 bits per heavy atom. The lowest BCUT2D eigenvalue weighted by molar-refractivity contribution is 0.948. The van der Waals surface area contributed by atoms with Gasteiger partial charge in [-0.15, -0.1) is 0 Å². The van der Waals surface area contributed by atoms with Crippen molar-refractivity contribution < 1.29 is 0 Å². The zero-order valence-electron chi connectivity index (χ0n) is 9.33. The number of aromatic nitrogens is 4. The van der Waals surface area contributed by atoms with Crippen molar-refractivity contribution in [1.82, 2.24) is 19.5 Å². The zero-order chi connectivity index (χ0) is 11.8. The van der Waals surface area contributed by atoms with Gasteiger partial charge in [-0.1, -0.05) is 12.1 Å². The van der Waals surface area contributed by atoms with Gasteiger partial charge >= 0.3 is 0 Å². The summed E-state index contributed by atoms with van der Waals surface area (Å²) in [6.07, 6.45) is 3.19. The third kappa shape index (κ3) is 1.44. The second-order valence-corrected chi connectivity index (χ2v) is 3.77. The molecule has 17 heavy (non-hydrogen) atoms. The minimum atomic E-state index is 0.394. The average Bonchev–Trinajstić information content (AvgIpc) is 2.68. The van der Waals surface area contributed by atoms with E-state index in [0.717, 1.165) is 16.9 Å². The maximum absolute atomic E-state index is 5.82. The molecule has 5 nitrogen and oxygen atoms in total. The molecular weight excluding hydrogens is 214 g/mol. The van der Waals surface area contributed by atoms with Crippen LogP contribution in [0.2, 0.25) is 0 Å². The predicted molar refractivity (Wildman–Crippen MR) is 66.2 cm³/mol. The maximum Gasteiger partial charge on any atom is 0.163 e. The molecule has 2 heterocycles. The molecule has 2 N–H and O–H groups in total. The van der Waals surface area contributed by atoms with Gasteiger partial charge in [0.2, 0.25) is 0 Å². The molecule has 0 unspecified atom stereocenters. The number of benzene rings is 1. The second-order valence-electron chi connectivity index (χ2n) is 3.77. The number of para-hydroxylation sites is 2. The van der Waals surface area contributed by atoms with Crippen LogP contribution in [-0.4, -0.2) is 19.5 Å². The Morgan fingerprint density at radius 1 is 1.12 bits per heavy atom. The third-order valence-corrected chi connectivity index (χ3v) is 2.73. The average molecular weight is 225 g/mol. The first-order valence-electron chi connectivity index (χ1n) is 5.25. The molecule has 84 valence electrons. The Hall–Kier alpha value is -2.43. The van der Waals surface area contributed by atoms with Crippen LogP contribution in [0.15, 0.2) is 36.7 Å². The van der Waals surface area contributed by atoms with Gasteiger partial charge in [-0.3, -0.25) is 0 Å². The van der Waals surface area contributed by atoms with Crippen molar-refractivity contribution in [2.75, 3.05) is 5.73 Å². The number of hydrogen-bond donors (Lipinski definition) is 1. The first kappa shape index (κ1) is 9.77. The SMILES string of the molecule is Cn1c(-c2nccnc2N)nc2ccccc21. The molecule has 2 aromatic heterocycles. The van der Waals surface area contributed by atoms with E-state index in [9.17, 15) is 0 Å². The number of rotatable bonds is 1. The van der Waals surface area contributed by atoms with Gasteiger partial charge in [0, 0.05) is 19.4 Å². The number of anilines is 1. The van der Waals surface area contributed by atoms with E-state index >= 15 is 0 Å². The molecule has 0 bridgehead atoms. The minimum Gasteiger partial charge on any atom is -0.382 e. The Balaban J connectivity index is 2.32. The molecule has 0 radical (unpaired) electrons. The summed E-state index contributed by atoms with van der Waals surface area (Å²) in [6.45, 7) is 0. The largest absolute Gasteiger partial charge is 0.382 e. The zero-order valence-corrected chi connectivity index (χ0v) is 9.33. The summed E-state index contributed by atoms with van der Waals surface area (Å²) in [5.74, 6) is 1.13. The molecule has 0 amide bonds. The Labute approximate surface area is 98.0 Å². The molecule has 0 saturated heterocycles. The lowest BCUT2D eigenvalue weighted by Crippen LogP contribution is -2.00. The van der Waals surface area contributed by atoms with Gasteiger partial charge in [0.15, 0.2) is 11.6 Å². The smallest absolute Gasteiger partial charge is 0.163 e. The number of imidazole rings is 1. The van der Waals surface area contributed by atoms with Crippen LogP contribution < -0.4 is 5.73 Å². The highest BCUT2D eigenvalue weighted by molar-refractivity contribution is 5.81.